The predicted octanol–water partition coefficient (Wildman–Crippen LogP) is -0.576. The summed E-state index contributed by atoms with van der Waals surface area (Å²) in [6.07, 6.45) is -5.08. The van der Waals surface area contributed by atoms with Crippen molar-refractivity contribution in [2.75, 3.05) is 6.61 Å². The maximum absolute atomic E-state index is 11.6. The normalized spacial score (nSPS) is 28.1. The molecule has 3 rings (SSSR count). The molecule has 5 atom stereocenters. The molecule has 1 amide bonds. The highest BCUT2D eigenvalue weighted by molar-refractivity contribution is 5.81. The molecule has 1 aliphatic rings. The number of aliphatic hydroxyl groups is 3. The van der Waals surface area contributed by atoms with Crippen LogP contribution in [0, 0.1) is 6.92 Å². The van der Waals surface area contributed by atoms with Gasteiger partial charge in [0.05, 0.1) is 6.61 Å². The van der Waals surface area contributed by atoms with Gasteiger partial charge in [0, 0.05) is 24.4 Å². The number of amides is 1. The van der Waals surface area contributed by atoms with Crippen LogP contribution in [0.1, 0.15) is 12.5 Å². The Morgan fingerprint density at radius 2 is 2.00 bits per heavy atom. The van der Waals surface area contributed by atoms with Crippen LogP contribution in [0.2, 0.25) is 0 Å². The van der Waals surface area contributed by atoms with E-state index in [0.29, 0.717) is 5.58 Å². The number of aliphatic hydroxyl groups excluding tert-OH is 3. The fourth-order valence-corrected chi connectivity index (χ4v) is 3.08. The lowest BCUT2D eigenvalue weighted by atomic mass is 9.97. The molecule has 1 aromatic heterocycles. The Balaban J connectivity index is 1.91. The van der Waals surface area contributed by atoms with Crippen LogP contribution in [-0.2, 0) is 9.53 Å². The van der Waals surface area contributed by atoms with Crippen molar-refractivity contribution >= 4 is 16.9 Å². The molecule has 2 heterocycles. The Morgan fingerprint density at radius 3 is 2.67 bits per heavy atom. The van der Waals surface area contributed by atoms with Crippen molar-refractivity contribution in [2.45, 2.75) is 44.5 Å². The van der Waals surface area contributed by atoms with E-state index < -0.39 is 48.8 Å². The summed E-state index contributed by atoms with van der Waals surface area (Å²) in [6, 6.07) is 5.12. The lowest BCUT2D eigenvalue weighted by molar-refractivity contribution is -0.244. The summed E-state index contributed by atoms with van der Waals surface area (Å²) >= 11 is 0. The molecule has 146 valence electrons. The largest absolute Gasteiger partial charge is 0.462 e. The minimum absolute atomic E-state index is 0.261. The van der Waals surface area contributed by atoms with Gasteiger partial charge in [-0.3, -0.25) is 4.79 Å². The summed E-state index contributed by atoms with van der Waals surface area (Å²) in [5.74, 6) is -0.192. The first kappa shape index (κ1) is 19.3. The number of hydrogen-bond acceptors (Lipinski definition) is 8. The van der Waals surface area contributed by atoms with E-state index in [1.54, 1.807) is 19.1 Å². The van der Waals surface area contributed by atoms with Crippen LogP contribution in [-0.4, -0.2) is 58.5 Å². The number of carbonyl (C=O) groups excluding carboxylic acids is 1. The van der Waals surface area contributed by atoms with Gasteiger partial charge >= 0.3 is 5.63 Å². The Hall–Kier alpha value is -2.46. The number of nitrogens with one attached hydrogen (secondary N) is 1. The lowest BCUT2D eigenvalue weighted by Gasteiger charge is -2.42. The minimum Gasteiger partial charge on any atom is -0.462 e. The molecule has 0 saturated carbocycles. The standard InChI is InChI=1S/C18H21NO8/c1-8-5-14(22)26-12-6-10(3-4-11(8)12)25-18-15(19-9(2)21)17(24)16(23)13(7-20)27-18/h3-6,13,15-18,20,23-24H,7H2,1-2H3,(H,19,21)/t13?,15-,16-,17+,18+/m0/s1. The van der Waals surface area contributed by atoms with Crippen molar-refractivity contribution in [3.63, 3.8) is 0 Å². The molecule has 1 aromatic carbocycles. The number of hydrogen-bond donors (Lipinski definition) is 4. The zero-order chi connectivity index (χ0) is 19.7. The third-order valence-electron chi connectivity index (χ3n) is 4.43. The molecule has 9 heteroatoms. The number of aryl methyl sites for hydroxylation is 1. The Labute approximate surface area is 154 Å². The van der Waals surface area contributed by atoms with Gasteiger partial charge in [0.1, 0.15) is 35.7 Å². The maximum Gasteiger partial charge on any atom is 0.336 e. The van der Waals surface area contributed by atoms with Crippen LogP contribution >= 0.6 is 0 Å². The summed E-state index contributed by atoms with van der Waals surface area (Å²) in [5, 5.41) is 32.9. The van der Waals surface area contributed by atoms with Crippen molar-refractivity contribution in [2.24, 2.45) is 0 Å². The summed E-state index contributed by atoms with van der Waals surface area (Å²) < 4.78 is 16.4. The van der Waals surface area contributed by atoms with E-state index >= 15 is 0 Å². The van der Waals surface area contributed by atoms with Gasteiger partial charge in [-0.15, -0.1) is 0 Å². The van der Waals surface area contributed by atoms with Gasteiger partial charge in [-0.05, 0) is 24.6 Å². The molecule has 2 aromatic rings. The van der Waals surface area contributed by atoms with Gasteiger partial charge < -0.3 is 34.5 Å². The third kappa shape index (κ3) is 3.96. The van der Waals surface area contributed by atoms with Crippen molar-refractivity contribution in [3.05, 3.63) is 40.2 Å². The van der Waals surface area contributed by atoms with E-state index in [-0.39, 0.29) is 5.75 Å². The van der Waals surface area contributed by atoms with Crippen LogP contribution in [0.4, 0.5) is 0 Å². The average Bonchev–Trinajstić information content (AvgIpc) is 2.60. The molecule has 0 aliphatic carbocycles. The van der Waals surface area contributed by atoms with Gasteiger partial charge in [0.15, 0.2) is 0 Å². The van der Waals surface area contributed by atoms with E-state index in [9.17, 15) is 24.9 Å². The highest BCUT2D eigenvalue weighted by Crippen LogP contribution is 2.27. The molecular formula is C18H21NO8. The van der Waals surface area contributed by atoms with Crippen molar-refractivity contribution < 1.29 is 34.0 Å². The molecule has 1 fully saturated rings. The molecule has 1 unspecified atom stereocenters. The van der Waals surface area contributed by atoms with Crippen molar-refractivity contribution in [3.8, 4) is 5.75 Å². The zero-order valence-electron chi connectivity index (χ0n) is 14.8. The van der Waals surface area contributed by atoms with E-state index in [4.69, 9.17) is 13.9 Å². The fraction of sp³-hybridized carbons (Fsp3) is 0.444. The molecule has 27 heavy (non-hydrogen) atoms. The van der Waals surface area contributed by atoms with E-state index in [2.05, 4.69) is 5.32 Å². The first-order valence-electron chi connectivity index (χ1n) is 8.41. The number of fused-ring (bicyclic) bond motifs is 1. The SMILES string of the molecule is CC(=O)N[C@@H]1[C@H](Oc2ccc3c(C)cc(=O)oc3c2)OC(CO)[C@H](O)[C@@H]1O. The second-order valence-electron chi connectivity index (χ2n) is 6.46. The topological polar surface area (TPSA) is 138 Å². The number of benzene rings is 1. The fourth-order valence-electron chi connectivity index (χ4n) is 3.08. The van der Waals surface area contributed by atoms with Crippen LogP contribution in [0.15, 0.2) is 33.5 Å². The quantitative estimate of drug-likeness (QED) is 0.518. The number of ether oxygens (including phenoxy) is 2. The summed E-state index contributed by atoms with van der Waals surface area (Å²) in [6.45, 7) is 2.48. The molecule has 4 N–H and O–H groups in total. The monoisotopic (exact) mass is 379 g/mol. The second-order valence-corrected chi connectivity index (χ2v) is 6.46. The predicted molar refractivity (Wildman–Crippen MR) is 93.2 cm³/mol. The van der Waals surface area contributed by atoms with Crippen LogP contribution in [0.25, 0.3) is 11.0 Å². The van der Waals surface area contributed by atoms with Crippen LogP contribution in [0.3, 0.4) is 0 Å². The Bertz CT molecular complexity index is 895. The van der Waals surface area contributed by atoms with Crippen molar-refractivity contribution in [1.82, 2.24) is 5.32 Å². The van der Waals surface area contributed by atoms with Gasteiger partial charge in [0.2, 0.25) is 12.2 Å². The summed E-state index contributed by atoms with van der Waals surface area (Å²) in [7, 11) is 0. The molecular weight excluding hydrogens is 358 g/mol. The third-order valence-corrected chi connectivity index (χ3v) is 4.43. The van der Waals surface area contributed by atoms with E-state index in [1.807, 2.05) is 0 Å². The lowest BCUT2D eigenvalue weighted by Crippen LogP contribution is -2.65. The molecule has 0 bridgehead atoms. The average molecular weight is 379 g/mol. The number of rotatable bonds is 4. The number of carbonyl (C=O) groups is 1. The van der Waals surface area contributed by atoms with Gasteiger partial charge in [0.25, 0.3) is 0 Å². The van der Waals surface area contributed by atoms with Gasteiger partial charge in [-0.25, -0.2) is 4.79 Å². The minimum atomic E-state index is -1.41. The van der Waals surface area contributed by atoms with E-state index in [0.717, 1.165) is 10.9 Å². The highest BCUT2D eigenvalue weighted by Gasteiger charge is 2.46. The molecule has 0 radical (unpaired) electrons. The smallest absolute Gasteiger partial charge is 0.336 e. The molecule has 1 aliphatic heterocycles. The first-order valence-corrected chi connectivity index (χ1v) is 8.41. The second kappa shape index (κ2) is 7.65. The Kier molecular flexibility index (Phi) is 5.47. The van der Waals surface area contributed by atoms with E-state index in [1.165, 1.54) is 19.1 Å². The molecule has 0 spiro atoms. The maximum atomic E-state index is 11.6. The summed E-state index contributed by atoms with van der Waals surface area (Å²) in [5.41, 5.74) is 0.557. The molecule has 9 nitrogen and oxygen atoms in total. The van der Waals surface area contributed by atoms with Crippen molar-refractivity contribution in [1.29, 1.82) is 0 Å². The van der Waals surface area contributed by atoms with Crippen LogP contribution in [0.5, 0.6) is 5.75 Å². The first-order chi connectivity index (χ1) is 12.8. The zero-order valence-corrected chi connectivity index (χ0v) is 14.8. The van der Waals surface area contributed by atoms with Crippen LogP contribution < -0.4 is 15.7 Å². The Morgan fingerprint density at radius 1 is 1.26 bits per heavy atom. The van der Waals surface area contributed by atoms with Gasteiger partial charge in [-0.1, -0.05) is 0 Å². The molecule has 1 saturated heterocycles. The highest BCUT2D eigenvalue weighted by atomic mass is 16.7. The summed E-state index contributed by atoms with van der Waals surface area (Å²) in [4.78, 5) is 23.0. The van der Waals surface area contributed by atoms with Gasteiger partial charge in [-0.2, -0.15) is 0 Å².